The van der Waals surface area contributed by atoms with Crippen molar-refractivity contribution in [2.45, 2.75) is 24.3 Å². The molecule has 6 nitrogen and oxygen atoms in total. The predicted octanol–water partition coefficient (Wildman–Crippen LogP) is 3.74. The molecule has 0 unspecified atom stereocenters. The number of amides is 1. The number of piperazine rings is 1. The molecule has 2 aromatic rings. The van der Waals surface area contributed by atoms with Gasteiger partial charge in [0, 0.05) is 67.3 Å². The minimum Gasteiger partial charge on any atom is -0.340 e. The first-order chi connectivity index (χ1) is 15.4. The normalized spacial score (nSPS) is 19.2. The first-order valence-corrected chi connectivity index (χ1v) is 13.0. The number of nitrogens with zero attached hydrogens (tertiary/aromatic N) is 3. The van der Waals surface area contributed by atoms with Gasteiger partial charge < -0.3 is 4.90 Å². The van der Waals surface area contributed by atoms with Crippen molar-refractivity contribution in [3.8, 4) is 0 Å². The van der Waals surface area contributed by atoms with E-state index in [-0.39, 0.29) is 11.8 Å². The zero-order valence-corrected chi connectivity index (χ0v) is 20.1. The fourth-order valence-electron chi connectivity index (χ4n) is 4.38. The average molecular weight is 496 g/mol. The first-order valence-electron chi connectivity index (χ1n) is 10.9. The third kappa shape index (κ3) is 5.13. The van der Waals surface area contributed by atoms with Crippen molar-refractivity contribution in [2.75, 3.05) is 39.3 Å². The molecule has 2 fully saturated rings. The van der Waals surface area contributed by atoms with Gasteiger partial charge in [0.2, 0.25) is 15.9 Å². The molecule has 1 amide bonds. The Kier molecular flexibility index (Phi) is 7.42. The van der Waals surface area contributed by atoms with Crippen LogP contribution < -0.4 is 0 Å². The third-order valence-corrected chi connectivity index (χ3v) is 8.93. The van der Waals surface area contributed by atoms with Gasteiger partial charge in [0.05, 0.1) is 4.90 Å². The number of piperidine rings is 1. The molecule has 0 N–H and O–H groups in total. The lowest BCUT2D eigenvalue weighted by molar-refractivity contribution is -0.138. The van der Waals surface area contributed by atoms with Crippen molar-refractivity contribution >= 4 is 39.1 Å². The van der Waals surface area contributed by atoms with Crippen LogP contribution in [0.1, 0.15) is 18.4 Å². The second kappa shape index (κ2) is 10.1. The minimum atomic E-state index is -3.50. The maximum absolute atomic E-state index is 13.0. The van der Waals surface area contributed by atoms with Crippen molar-refractivity contribution in [1.29, 1.82) is 0 Å². The molecule has 2 aliphatic heterocycles. The van der Waals surface area contributed by atoms with E-state index in [4.69, 9.17) is 23.2 Å². The topological polar surface area (TPSA) is 60.9 Å². The monoisotopic (exact) mass is 495 g/mol. The molecule has 2 aromatic carbocycles. The van der Waals surface area contributed by atoms with Crippen molar-refractivity contribution in [1.82, 2.24) is 14.1 Å². The minimum absolute atomic E-state index is 0.123. The summed E-state index contributed by atoms with van der Waals surface area (Å²) in [6.45, 7) is 4.24. The smallest absolute Gasteiger partial charge is 0.243 e. The molecule has 0 spiro atoms. The standard InChI is InChI=1S/C23H27Cl2N3O3S/c24-21-7-4-8-22(25)20(21)17-26-13-15-27(16-14-26)23(29)18-9-11-28(12-10-18)32(30,31)19-5-2-1-3-6-19/h1-8,18H,9-17H2. The van der Waals surface area contributed by atoms with Crippen LogP contribution >= 0.6 is 23.2 Å². The molecule has 172 valence electrons. The lowest BCUT2D eigenvalue weighted by Gasteiger charge is -2.38. The Balaban J connectivity index is 1.28. The fraction of sp³-hybridized carbons (Fsp3) is 0.435. The van der Waals surface area contributed by atoms with Crippen LogP contribution in [0.4, 0.5) is 0 Å². The number of carbonyl (C=O) groups excluding carboxylic acids is 1. The number of halogens is 2. The molecule has 0 aromatic heterocycles. The summed E-state index contributed by atoms with van der Waals surface area (Å²) in [5, 5.41) is 1.32. The van der Waals surface area contributed by atoms with E-state index in [1.807, 2.05) is 23.1 Å². The summed E-state index contributed by atoms with van der Waals surface area (Å²) >= 11 is 12.6. The zero-order valence-electron chi connectivity index (χ0n) is 17.8. The van der Waals surface area contributed by atoms with Crippen LogP contribution in [0.2, 0.25) is 10.0 Å². The number of hydrogen-bond donors (Lipinski definition) is 0. The number of rotatable bonds is 5. The molecule has 2 heterocycles. The van der Waals surface area contributed by atoms with Gasteiger partial charge in [0.25, 0.3) is 0 Å². The Morgan fingerprint density at radius 2 is 1.44 bits per heavy atom. The van der Waals surface area contributed by atoms with Crippen LogP contribution in [-0.4, -0.2) is 67.7 Å². The average Bonchev–Trinajstić information content (AvgIpc) is 2.82. The van der Waals surface area contributed by atoms with Crippen LogP contribution in [0, 0.1) is 5.92 Å². The summed E-state index contributed by atoms with van der Waals surface area (Å²) in [5.74, 6) is 0.0129. The van der Waals surface area contributed by atoms with E-state index in [1.165, 1.54) is 4.31 Å². The number of benzene rings is 2. The van der Waals surface area contributed by atoms with Gasteiger partial charge >= 0.3 is 0 Å². The summed E-state index contributed by atoms with van der Waals surface area (Å²) in [7, 11) is -3.50. The van der Waals surface area contributed by atoms with Crippen LogP contribution in [0.3, 0.4) is 0 Å². The summed E-state index contributed by atoms with van der Waals surface area (Å²) in [4.78, 5) is 17.5. The highest BCUT2D eigenvalue weighted by Crippen LogP contribution is 2.28. The molecule has 4 rings (SSSR count). The Morgan fingerprint density at radius 3 is 2.03 bits per heavy atom. The van der Waals surface area contributed by atoms with Gasteiger partial charge in [-0.3, -0.25) is 9.69 Å². The van der Waals surface area contributed by atoms with E-state index in [1.54, 1.807) is 30.3 Å². The van der Waals surface area contributed by atoms with E-state index in [0.29, 0.717) is 60.5 Å². The van der Waals surface area contributed by atoms with Crippen molar-refractivity contribution in [2.24, 2.45) is 5.92 Å². The van der Waals surface area contributed by atoms with Crippen LogP contribution in [0.5, 0.6) is 0 Å². The van der Waals surface area contributed by atoms with E-state index < -0.39 is 10.0 Å². The molecule has 0 bridgehead atoms. The van der Waals surface area contributed by atoms with E-state index in [2.05, 4.69) is 4.90 Å². The Bertz CT molecular complexity index is 1030. The summed E-state index contributed by atoms with van der Waals surface area (Å²) in [5.41, 5.74) is 0.919. The van der Waals surface area contributed by atoms with Gasteiger partial charge in [-0.15, -0.1) is 0 Å². The molecular formula is C23H27Cl2N3O3S. The Hall–Kier alpha value is -1.64. The third-order valence-electron chi connectivity index (χ3n) is 6.31. The predicted molar refractivity (Wildman–Crippen MR) is 126 cm³/mol. The summed E-state index contributed by atoms with van der Waals surface area (Å²) in [6, 6.07) is 14.0. The summed E-state index contributed by atoms with van der Waals surface area (Å²) in [6.07, 6.45) is 1.11. The SMILES string of the molecule is O=C(C1CCN(S(=O)(=O)c2ccccc2)CC1)N1CCN(Cc2c(Cl)cccc2Cl)CC1. The molecular weight excluding hydrogens is 469 g/mol. The van der Waals surface area contributed by atoms with Gasteiger partial charge in [-0.05, 0) is 37.1 Å². The van der Waals surface area contributed by atoms with Crippen molar-refractivity contribution in [3.63, 3.8) is 0 Å². The molecule has 2 aliphatic rings. The molecule has 9 heteroatoms. The highest BCUT2D eigenvalue weighted by molar-refractivity contribution is 7.89. The first kappa shape index (κ1) is 23.5. The van der Waals surface area contributed by atoms with Crippen LogP contribution in [0.25, 0.3) is 0 Å². The Labute approximate surface area is 199 Å². The second-order valence-corrected chi connectivity index (χ2v) is 11.0. The van der Waals surface area contributed by atoms with E-state index in [9.17, 15) is 13.2 Å². The number of hydrogen-bond acceptors (Lipinski definition) is 4. The fourth-order valence-corrected chi connectivity index (χ4v) is 6.38. The van der Waals surface area contributed by atoms with Gasteiger partial charge in [0.1, 0.15) is 0 Å². The quantitative estimate of drug-likeness (QED) is 0.633. The van der Waals surface area contributed by atoms with Crippen LogP contribution in [-0.2, 0) is 21.4 Å². The lowest BCUT2D eigenvalue weighted by atomic mass is 9.96. The van der Waals surface area contributed by atoms with Gasteiger partial charge in [0.15, 0.2) is 0 Å². The summed E-state index contributed by atoms with van der Waals surface area (Å²) < 4.78 is 27.1. The zero-order chi connectivity index (χ0) is 22.7. The highest BCUT2D eigenvalue weighted by atomic mass is 35.5. The molecule has 2 saturated heterocycles. The van der Waals surface area contributed by atoms with Gasteiger partial charge in [-0.25, -0.2) is 8.42 Å². The Morgan fingerprint density at radius 1 is 0.844 bits per heavy atom. The van der Waals surface area contributed by atoms with Crippen molar-refractivity contribution < 1.29 is 13.2 Å². The lowest BCUT2D eigenvalue weighted by Crippen LogP contribution is -2.51. The maximum atomic E-state index is 13.0. The second-order valence-electron chi connectivity index (χ2n) is 8.29. The van der Waals surface area contributed by atoms with Gasteiger partial charge in [-0.1, -0.05) is 47.5 Å². The van der Waals surface area contributed by atoms with Crippen molar-refractivity contribution in [3.05, 3.63) is 64.1 Å². The molecule has 32 heavy (non-hydrogen) atoms. The largest absolute Gasteiger partial charge is 0.340 e. The maximum Gasteiger partial charge on any atom is 0.243 e. The molecule has 0 atom stereocenters. The molecule has 0 saturated carbocycles. The highest BCUT2D eigenvalue weighted by Gasteiger charge is 2.34. The van der Waals surface area contributed by atoms with Crippen LogP contribution in [0.15, 0.2) is 53.4 Å². The molecule has 0 aliphatic carbocycles. The number of carbonyl (C=O) groups is 1. The molecule has 0 radical (unpaired) electrons. The van der Waals surface area contributed by atoms with E-state index in [0.717, 1.165) is 18.7 Å². The van der Waals surface area contributed by atoms with Gasteiger partial charge in [-0.2, -0.15) is 4.31 Å². The van der Waals surface area contributed by atoms with E-state index >= 15 is 0 Å². The number of sulfonamides is 1.